The zero-order valence-electron chi connectivity index (χ0n) is 9.60. The average molecular weight is 201 g/mol. The molecule has 0 bridgehead atoms. The number of hydrogen-bond acceptors (Lipinski definition) is 3. The van der Waals surface area contributed by atoms with Gasteiger partial charge < -0.3 is 15.2 Å². The molecular formula is C11H23NO2. The Balaban J connectivity index is 2.32. The van der Waals surface area contributed by atoms with E-state index in [9.17, 15) is 0 Å². The summed E-state index contributed by atoms with van der Waals surface area (Å²) in [6.07, 6.45) is 1.87. The van der Waals surface area contributed by atoms with Crippen LogP contribution in [-0.4, -0.2) is 37.0 Å². The highest BCUT2D eigenvalue weighted by atomic mass is 16.5. The number of nitrogens with one attached hydrogen (secondary N) is 1. The Labute approximate surface area is 86.8 Å². The molecule has 0 aromatic rings. The number of ether oxygens (including phenoxy) is 1. The van der Waals surface area contributed by atoms with Crippen LogP contribution >= 0.6 is 0 Å². The molecule has 1 aliphatic heterocycles. The van der Waals surface area contributed by atoms with Crippen molar-refractivity contribution in [3.63, 3.8) is 0 Å². The van der Waals surface area contributed by atoms with Crippen molar-refractivity contribution in [2.45, 2.75) is 39.2 Å². The lowest BCUT2D eigenvalue weighted by molar-refractivity contribution is -0.102. The van der Waals surface area contributed by atoms with Crippen molar-refractivity contribution in [2.75, 3.05) is 26.4 Å². The number of rotatable bonds is 6. The first-order chi connectivity index (χ1) is 6.54. The molecule has 3 nitrogen and oxygen atoms in total. The van der Waals surface area contributed by atoms with Gasteiger partial charge in [-0.05, 0) is 19.8 Å². The Morgan fingerprint density at radius 1 is 1.50 bits per heavy atom. The zero-order chi connectivity index (χ0) is 10.7. The predicted molar refractivity (Wildman–Crippen MR) is 57.3 cm³/mol. The third-order valence-corrected chi connectivity index (χ3v) is 3.29. The standard InChI is InChI=1S/C11H23NO2/c1-4-11(3,5-6-13)12-7-10(2)8-14-9-10/h12-13H,4-9H2,1-3H3. The number of aliphatic hydroxyl groups excluding tert-OH is 1. The lowest BCUT2D eigenvalue weighted by Gasteiger charge is -2.41. The van der Waals surface area contributed by atoms with E-state index in [0.29, 0.717) is 5.41 Å². The Kier molecular flexibility index (Phi) is 3.93. The van der Waals surface area contributed by atoms with Gasteiger partial charge in [0.15, 0.2) is 0 Å². The van der Waals surface area contributed by atoms with E-state index in [4.69, 9.17) is 9.84 Å². The Morgan fingerprint density at radius 3 is 2.50 bits per heavy atom. The van der Waals surface area contributed by atoms with Crippen LogP contribution < -0.4 is 5.32 Å². The molecule has 1 heterocycles. The first kappa shape index (κ1) is 12.0. The summed E-state index contributed by atoms with van der Waals surface area (Å²) < 4.78 is 5.21. The lowest BCUT2D eigenvalue weighted by atomic mass is 9.86. The summed E-state index contributed by atoms with van der Waals surface area (Å²) in [5.41, 5.74) is 0.388. The van der Waals surface area contributed by atoms with E-state index in [0.717, 1.165) is 32.6 Å². The van der Waals surface area contributed by atoms with Gasteiger partial charge in [0.1, 0.15) is 0 Å². The maximum absolute atomic E-state index is 8.97. The molecule has 0 saturated carbocycles. The van der Waals surface area contributed by atoms with Gasteiger partial charge in [0.2, 0.25) is 0 Å². The monoisotopic (exact) mass is 201 g/mol. The predicted octanol–water partition coefficient (Wildman–Crippen LogP) is 1.16. The molecule has 1 saturated heterocycles. The van der Waals surface area contributed by atoms with Crippen LogP contribution in [0.15, 0.2) is 0 Å². The van der Waals surface area contributed by atoms with Crippen molar-refractivity contribution in [1.82, 2.24) is 5.32 Å². The first-order valence-corrected chi connectivity index (χ1v) is 5.47. The van der Waals surface area contributed by atoms with Gasteiger partial charge in [0.05, 0.1) is 13.2 Å². The van der Waals surface area contributed by atoms with Crippen LogP contribution in [0.4, 0.5) is 0 Å². The van der Waals surface area contributed by atoms with Crippen molar-refractivity contribution < 1.29 is 9.84 Å². The summed E-state index contributed by atoms with van der Waals surface area (Å²) in [7, 11) is 0. The van der Waals surface area contributed by atoms with E-state index in [1.807, 2.05) is 0 Å². The van der Waals surface area contributed by atoms with Gasteiger partial charge in [0.25, 0.3) is 0 Å². The van der Waals surface area contributed by atoms with Crippen molar-refractivity contribution >= 4 is 0 Å². The minimum Gasteiger partial charge on any atom is -0.396 e. The summed E-state index contributed by atoms with van der Waals surface area (Å²) >= 11 is 0. The molecule has 0 amide bonds. The van der Waals surface area contributed by atoms with Gasteiger partial charge in [-0.15, -0.1) is 0 Å². The smallest absolute Gasteiger partial charge is 0.0554 e. The molecule has 84 valence electrons. The molecule has 0 aromatic carbocycles. The van der Waals surface area contributed by atoms with E-state index in [1.165, 1.54) is 0 Å². The fourth-order valence-corrected chi connectivity index (χ4v) is 1.62. The van der Waals surface area contributed by atoms with Crippen molar-refractivity contribution in [3.05, 3.63) is 0 Å². The van der Waals surface area contributed by atoms with Gasteiger partial charge in [-0.2, -0.15) is 0 Å². The van der Waals surface area contributed by atoms with Crippen LogP contribution in [0.3, 0.4) is 0 Å². The quantitative estimate of drug-likeness (QED) is 0.677. The normalized spacial score (nSPS) is 24.0. The summed E-state index contributed by atoms with van der Waals surface area (Å²) in [4.78, 5) is 0. The molecule has 1 aliphatic rings. The Hall–Kier alpha value is -0.120. The largest absolute Gasteiger partial charge is 0.396 e. The molecule has 1 atom stereocenters. The molecule has 0 radical (unpaired) electrons. The van der Waals surface area contributed by atoms with Crippen LogP contribution in [0.5, 0.6) is 0 Å². The summed E-state index contributed by atoms with van der Waals surface area (Å²) in [5.74, 6) is 0. The molecule has 2 N–H and O–H groups in total. The van der Waals surface area contributed by atoms with Gasteiger partial charge in [-0.25, -0.2) is 0 Å². The van der Waals surface area contributed by atoms with Gasteiger partial charge >= 0.3 is 0 Å². The molecule has 0 spiro atoms. The molecule has 1 rings (SSSR count). The van der Waals surface area contributed by atoms with Crippen LogP contribution in [0.2, 0.25) is 0 Å². The highest BCUT2D eigenvalue weighted by Gasteiger charge is 2.35. The highest BCUT2D eigenvalue weighted by Crippen LogP contribution is 2.27. The number of hydrogen-bond donors (Lipinski definition) is 2. The zero-order valence-corrected chi connectivity index (χ0v) is 9.60. The summed E-state index contributed by atoms with van der Waals surface area (Å²) in [6, 6.07) is 0. The van der Waals surface area contributed by atoms with Crippen LogP contribution in [0.1, 0.15) is 33.6 Å². The Morgan fingerprint density at radius 2 is 2.14 bits per heavy atom. The Bertz CT molecular complexity index is 180. The third kappa shape index (κ3) is 2.94. The van der Waals surface area contributed by atoms with Crippen LogP contribution in [0, 0.1) is 5.41 Å². The minimum atomic E-state index is 0.0767. The average Bonchev–Trinajstić information content (AvgIpc) is 2.12. The molecular weight excluding hydrogens is 178 g/mol. The maximum Gasteiger partial charge on any atom is 0.0554 e. The lowest BCUT2D eigenvalue weighted by Crippen LogP contribution is -2.53. The first-order valence-electron chi connectivity index (χ1n) is 5.47. The van der Waals surface area contributed by atoms with Gasteiger partial charge in [-0.1, -0.05) is 13.8 Å². The molecule has 1 unspecified atom stereocenters. The number of aliphatic hydroxyl groups is 1. The second-order valence-electron chi connectivity index (χ2n) is 5.04. The van der Waals surface area contributed by atoms with E-state index < -0.39 is 0 Å². The molecule has 0 aromatic heterocycles. The van der Waals surface area contributed by atoms with E-state index in [1.54, 1.807) is 0 Å². The fraction of sp³-hybridized carbons (Fsp3) is 1.00. The summed E-state index contributed by atoms with van der Waals surface area (Å²) in [6.45, 7) is 9.52. The van der Waals surface area contributed by atoms with Crippen molar-refractivity contribution in [1.29, 1.82) is 0 Å². The van der Waals surface area contributed by atoms with Gasteiger partial charge in [-0.3, -0.25) is 0 Å². The molecule has 1 fully saturated rings. The van der Waals surface area contributed by atoms with E-state index >= 15 is 0 Å². The van der Waals surface area contributed by atoms with Crippen LogP contribution in [-0.2, 0) is 4.74 Å². The SMILES string of the molecule is CCC(C)(CCO)NCC1(C)COC1. The molecule has 14 heavy (non-hydrogen) atoms. The fourth-order valence-electron chi connectivity index (χ4n) is 1.62. The molecule has 0 aliphatic carbocycles. The summed E-state index contributed by atoms with van der Waals surface area (Å²) in [5, 5.41) is 12.5. The topological polar surface area (TPSA) is 41.5 Å². The molecule has 3 heteroatoms. The third-order valence-electron chi connectivity index (χ3n) is 3.29. The minimum absolute atomic E-state index is 0.0767. The second-order valence-corrected chi connectivity index (χ2v) is 5.04. The maximum atomic E-state index is 8.97. The van der Waals surface area contributed by atoms with E-state index in [-0.39, 0.29) is 12.1 Å². The highest BCUT2D eigenvalue weighted by molar-refractivity contribution is 4.89. The van der Waals surface area contributed by atoms with Gasteiger partial charge in [0, 0.05) is 24.1 Å². The van der Waals surface area contributed by atoms with E-state index in [2.05, 4.69) is 26.1 Å². The van der Waals surface area contributed by atoms with Crippen molar-refractivity contribution in [3.8, 4) is 0 Å². The van der Waals surface area contributed by atoms with Crippen LogP contribution in [0.25, 0.3) is 0 Å². The second kappa shape index (κ2) is 4.60. The van der Waals surface area contributed by atoms with Crippen molar-refractivity contribution in [2.24, 2.45) is 5.41 Å².